The van der Waals surface area contributed by atoms with Crippen molar-refractivity contribution in [2.24, 2.45) is 0 Å². The lowest BCUT2D eigenvalue weighted by atomic mass is 10.4. The first-order chi connectivity index (χ1) is 6.70. The summed E-state index contributed by atoms with van der Waals surface area (Å²) in [5.41, 5.74) is 1.10. The Balaban J connectivity index is 3.93. The van der Waals surface area contributed by atoms with Gasteiger partial charge in [0.25, 0.3) is 0 Å². The molecule has 0 rings (SSSR count). The van der Waals surface area contributed by atoms with Gasteiger partial charge >= 0.3 is 0 Å². The molecule has 0 radical (unpaired) electrons. The molecule has 0 aromatic carbocycles. The molecule has 4 heteroatoms. The lowest BCUT2D eigenvalue weighted by Crippen LogP contribution is -2.18. The van der Waals surface area contributed by atoms with Gasteiger partial charge in [0, 0.05) is 11.8 Å². The van der Waals surface area contributed by atoms with Gasteiger partial charge in [0.2, 0.25) is 5.91 Å². The lowest BCUT2D eigenvalue weighted by molar-refractivity contribution is -0.115. The second-order valence-electron chi connectivity index (χ2n) is 2.14. The van der Waals surface area contributed by atoms with Gasteiger partial charge in [-0.1, -0.05) is 37.1 Å². The lowest BCUT2D eigenvalue weighted by Gasteiger charge is -1.98. The molecule has 0 aromatic rings. The van der Waals surface area contributed by atoms with Gasteiger partial charge < -0.3 is 5.32 Å². The highest BCUT2D eigenvalue weighted by Crippen LogP contribution is 1.95. The first-order valence-electron chi connectivity index (χ1n) is 3.75. The largest absolute Gasteiger partial charge is 0.323 e. The third kappa shape index (κ3) is 7.12. The molecule has 0 aliphatic heterocycles. The number of nitrogens with one attached hydrogen (secondary N) is 1. The van der Waals surface area contributed by atoms with Crippen molar-refractivity contribution >= 4 is 23.3 Å². The molecule has 0 spiro atoms. The highest BCUT2D eigenvalue weighted by atomic mass is 32.2. The van der Waals surface area contributed by atoms with Crippen molar-refractivity contribution in [3.8, 4) is 0 Å². The molecule has 0 saturated heterocycles. The van der Waals surface area contributed by atoms with Crippen LogP contribution in [0.3, 0.4) is 0 Å². The average Bonchev–Trinajstić information content (AvgIpc) is 2.15. The fraction of sp³-hybridized carbons (Fsp3) is 0. The normalized spacial score (nSPS) is 10.3. The van der Waals surface area contributed by atoms with Crippen LogP contribution in [0.2, 0.25) is 0 Å². The molecule has 0 aliphatic rings. The summed E-state index contributed by atoms with van der Waals surface area (Å²) in [4.78, 5) is 20.9. The molecular formula is C10H11NO2S. The number of hydrogen-bond donors (Lipinski definition) is 1. The third-order valence-corrected chi connectivity index (χ3v) is 1.48. The van der Waals surface area contributed by atoms with E-state index in [1.165, 1.54) is 11.5 Å². The Bertz CT molecular complexity index is 292. The Morgan fingerprint density at radius 2 is 2.07 bits per heavy atom. The van der Waals surface area contributed by atoms with Gasteiger partial charge in [-0.05, 0) is 11.5 Å². The molecule has 0 bridgehead atoms. The van der Waals surface area contributed by atoms with E-state index in [9.17, 15) is 9.59 Å². The number of allylic oxidation sites excluding steroid dienone is 3. The molecule has 0 fully saturated rings. The van der Waals surface area contributed by atoms with Crippen LogP contribution in [0.1, 0.15) is 0 Å². The predicted octanol–water partition coefficient (Wildman–Crippen LogP) is 1.80. The van der Waals surface area contributed by atoms with Crippen LogP contribution in [0.4, 0.5) is 0 Å². The number of rotatable bonds is 6. The van der Waals surface area contributed by atoms with Crippen molar-refractivity contribution in [2.45, 2.75) is 0 Å². The first-order valence-corrected chi connectivity index (χ1v) is 4.69. The zero-order valence-corrected chi connectivity index (χ0v) is 8.42. The molecule has 0 aliphatic carbocycles. The molecule has 0 atom stereocenters. The Morgan fingerprint density at radius 1 is 1.36 bits per heavy atom. The number of hydrogen-bond acceptors (Lipinski definition) is 3. The van der Waals surface area contributed by atoms with Crippen LogP contribution < -0.4 is 5.32 Å². The third-order valence-electron chi connectivity index (χ3n) is 1.07. The van der Waals surface area contributed by atoms with Gasteiger partial charge in [0.05, 0.1) is 0 Å². The van der Waals surface area contributed by atoms with Gasteiger partial charge in [-0.3, -0.25) is 9.59 Å². The Morgan fingerprint density at radius 3 is 2.64 bits per heavy atom. The topological polar surface area (TPSA) is 46.2 Å². The maximum absolute atomic E-state index is 11.0. The molecule has 1 amide bonds. The molecule has 0 unspecified atom stereocenters. The number of amides is 1. The molecule has 0 saturated carbocycles. The summed E-state index contributed by atoms with van der Waals surface area (Å²) in [5, 5.41) is 3.89. The highest BCUT2D eigenvalue weighted by molar-refractivity contribution is 8.14. The van der Waals surface area contributed by atoms with Crippen LogP contribution in [-0.4, -0.2) is 11.5 Å². The Hall–Kier alpha value is -1.55. The fourth-order valence-corrected chi connectivity index (χ4v) is 0.825. The average molecular weight is 209 g/mol. The summed E-state index contributed by atoms with van der Waals surface area (Å²) in [6, 6.07) is 0. The fourth-order valence-electron chi connectivity index (χ4n) is 0.559. The zero-order chi connectivity index (χ0) is 10.8. The van der Waals surface area contributed by atoms with E-state index < -0.39 is 0 Å². The van der Waals surface area contributed by atoms with E-state index in [1.54, 1.807) is 18.2 Å². The second-order valence-corrected chi connectivity index (χ2v) is 2.88. The van der Waals surface area contributed by atoms with E-state index in [4.69, 9.17) is 0 Å². The monoisotopic (exact) mass is 209 g/mol. The van der Waals surface area contributed by atoms with Crippen LogP contribution in [-0.2, 0) is 9.59 Å². The molecular weight excluding hydrogens is 198 g/mol. The smallest absolute Gasteiger partial charge is 0.248 e. The molecule has 0 heterocycles. The van der Waals surface area contributed by atoms with Gasteiger partial charge in [-0.2, -0.15) is 0 Å². The summed E-state index contributed by atoms with van der Waals surface area (Å²) in [6.07, 6.45) is 6.11. The van der Waals surface area contributed by atoms with E-state index >= 15 is 0 Å². The van der Waals surface area contributed by atoms with Crippen molar-refractivity contribution in [1.29, 1.82) is 0 Å². The molecule has 74 valence electrons. The molecule has 0 aromatic heterocycles. The highest BCUT2D eigenvalue weighted by Gasteiger charge is 1.93. The van der Waals surface area contributed by atoms with Crippen LogP contribution in [0, 0.1) is 0 Å². The van der Waals surface area contributed by atoms with Crippen LogP contribution in [0.15, 0.2) is 48.6 Å². The maximum Gasteiger partial charge on any atom is 0.248 e. The predicted molar refractivity (Wildman–Crippen MR) is 60.1 cm³/mol. The number of carbonyl (C=O) groups excluding carboxylic acids is 2. The Labute approximate surface area is 87.3 Å². The van der Waals surface area contributed by atoms with Crippen molar-refractivity contribution in [1.82, 2.24) is 5.32 Å². The van der Waals surface area contributed by atoms with Crippen LogP contribution >= 0.6 is 11.8 Å². The van der Waals surface area contributed by atoms with Crippen molar-refractivity contribution in [2.75, 3.05) is 0 Å². The summed E-state index contributed by atoms with van der Waals surface area (Å²) in [7, 11) is 0. The number of thioether (sulfide) groups is 1. The number of carbonyl (C=O) groups is 2. The summed E-state index contributed by atoms with van der Waals surface area (Å²) >= 11 is 0.896. The van der Waals surface area contributed by atoms with Crippen LogP contribution in [0.25, 0.3) is 0 Å². The molecule has 3 nitrogen and oxygen atoms in total. The van der Waals surface area contributed by atoms with Crippen LogP contribution in [0.5, 0.6) is 0 Å². The second kappa shape index (κ2) is 8.07. The molecule has 1 N–H and O–H groups in total. The summed E-state index contributed by atoms with van der Waals surface area (Å²) in [6.45, 7) is 7.06. The minimum Gasteiger partial charge on any atom is -0.323 e. The van der Waals surface area contributed by atoms with Gasteiger partial charge in [0.1, 0.15) is 0 Å². The van der Waals surface area contributed by atoms with E-state index in [2.05, 4.69) is 18.5 Å². The minimum absolute atomic E-state index is 0.321. The standard InChI is InChI=1S/C10H11NO2S/c1-3-4-5-9(2)11-10(13)6-7-14-8-12/h3-8H,1-2H2,(H,11,13)/b5-4-,7-6-. The van der Waals surface area contributed by atoms with Gasteiger partial charge in [-0.25, -0.2) is 0 Å². The van der Waals surface area contributed by atoms with E-state index in [1.807, 2.05) is 0 Å². The summed E-state index contributed by atoms with van der Waals surface area (Å²) in [5.74, 6) is -0.321. The van der Waals surface area contributed by atoms with E-state index in [0.717, 1.165) is 11.8 Å². The maximum atomic E-state index is 11.0. The quantitative estimate of drug-likeness (QED) is 0.412. The van der Waals surface area contributed by atoms with Gasteiger partial charge in [-0.15, -0.1) is 0 Å². The summed E-state index contributed by atoms with van der Waals surface area (Å²) < 4.78 is 0. The zero-order valence-electron chi connectivity index (χ0n) is 7.60. The first kappa shape index (κ1) is 12.5. The van der Waals surface area contributed by atoms with Crippen molar-refractivity contribution in [3.63, 3.8) is 0 Å². The van der Waals surface area contributed by atoms with Crippen molar-refractivity contribution in [3.05, 3.63) is 48.6 Å². The van der Waals surface area contributed by atoms with Gasteiger partial charge in [0.15, 0.2) is 5.62 Å². The minimum atomic E-state index is -0.321. The van der Waals surface area contributed by atoms with Crippen molar-refractivity contribution < 1.29 is 9.59 Å². The Kier molecular flexibility index (Phi) is 7.17. The SMILES string of the molecule is C=C/C=C\C(=C)NC(=O)/C=C\SC=O. The van der Waals surface area contributed by atoms with E-state index in [0.29, 0.717) is 11.3 Å². The van der Waals surface area contributed by atoms with E-state index in [-0.39, 0.29) is 5.91 Å². The molecule has 14 heavy (non-hydrogen) atoms.